The molecule has 0 spiro atoms. The third-order valence-corrected chi connectivity index (χ3v) is 6.57. The number of likely N-dealkylation sites (N-methyl/N-ethyl adjacent to an activating group) is 1. The molecule has 1 aromatic heterocycles. The van der Waals surface area contributed by atoms with E-state index in [4.69, 9.17) is 5.11 Å². The van der Waals surface area contributed by atoms with Crippen LogP contribution in [0, 0.1) is 18.8 Å². The molecule has 2 aromatic rings. The molecule has 0 aliphatic carbocycles. The molecule has 0 aliphatic heterocycles. The highest BCUT2D eigenvalue weighted by Crippen LogP contribution is 2.21. The number of nitrogens with one attached hydrogen (secondary N) is 1. The lowest BCUT2D eigenvalue weighted by molar-refractivity contribution is -0.137. The average molecular weight is 407 g/mol. The van der Waals surface area contributed by atoms with Crippen molar-refractivity contribution in [2.45, 2.75) is 23.6 Å². The number of carboxylic acids is 1. The van der Waals surface area contributed by atoms with Crippen LogP contribution in [0.25, 0.3) is 0 Å². The zero-order chi connectivity index (χ0) is 20.0. The lowest BCUT2D eigenvalue weighted by Gasteiger charge is -2.20. The standard InChI is InChI=1S/C19H22N2O4S2/c1-14-4-6-15(7-5-14)8-9-17-10-11-19(26-17)27(24,25)20-16(12-18(22)23)13-21(2)3/h4-7,10-11,16,20H,12-13H2,1-3H3,(H,22,23). The van der Waals surface area contributed by atoms with Crippen molar-refractivity contribution in [1.29, 1.82) is 0 Å². The Hall–Kier alpha value is -2.18. The maximum Gasteiger partial charge on any atom is 0.305 e. The van der Waals surface area contributed by atoms with Gasteiger partial charge in [0.1, 0.15) is 4.21 Å². The number of hydrogen-bond donors (Lipinski definition) is 2. The molecule has 2 N–H and O–H groups in total. The number of carboxylic acid groups (broad SMARTS) is 1. The van der Waals surface area contributed by atoms with Gasteiger partial charge in [-0.25, -0.2) is 13.1 Å². The molecular formula is C19H22N2O4S2. The van der Waals surface area contributed by atoms with Crippen LogP contribution in [0.15, 0.2) is 40.6 Å². The summed E-state index contributed by atoms with van der Waals surface area (Å²) in [5.74, 6) is 4.92. The number of thiophene rings is 1. The minimum absolute atomic E-state index is 0.116. The van der Waals surface area contributed by atoms with Gasteiger partial charge in [-0.1, -0.05) is 29.5 Å². The highest BCUT2D eigenvalue weighted by atomic mass is 32.2. The number of aliphatic carboxylic acids is 1. The van der Waals surface area contributed by atoms with E-state index in [2.05, 4.69) is 16.6 Å². The molecule has 0 saturated carbocycles. The quantitative estimate of drug-likeness (QED) is 0.688. The molecular weight excluding hydrogens is 384 g/mol. The Morgan fingerprint density at radius 3 is 2.44 bits per heavy atom. The van der Waals surface area contributed by atoms with Crippen molar-refractivity contribution < 1.29 is 18.3 Å². The van der Waals surface area contributed by atoms with Crippen molar-refractivity contribution >= 4 is 27.3 Å². The zero-order valence-electron chi connectivity index (χ0n) is 15.4. The first-order valence-corrected chi connectivity index (χ1v) is 10.5. The summed E-state index contributed by atoms with van der Waals surface area (Å²) in [6, 6.07) is 10.2. The summed E-state index contributed by atoms with van der Waals surface area (Å²) < 4.78 is 27.7. The van der Waals surface area contributed by atoms with Gasteiger partial charge in [0.25, 0.3) is 0 Å². The molecule has 0 fully saturated rings. The second kappa shape index (κ2) is 9.15. The molecule has 1 atom stereocenters. The second-order valence-electron chi connectivity index (χ2n) is 6.41. The molecule has 8 heteroatoms. The van der Waals surface area contributed by atoms with Crippen LogP contribution < -0.4 is 4.72 Å². The van der Waals surface area contributed by atoms with Gasteiger partial charge in [0.15, 0.2) is 0 Å². The third kappa shape index (κ3) is 6.81. The summed E-state index contributed by atoms with van der Waals surface area (Å²) in [5.41, 5.74) is 1.99. The lowest BCUT2D eigenvalue weighted by Crippen LogP contribution is -2.42. The Morgan fingerprint density at radius 1 is 1.19 bits per heavy atom. The van der Waals surface area contributed by atoms with Crippen molar-refractivity contribution in [1.82, 2.24) is 9.62 Å². The van der Waals surface area contributed by atoms with Gasteiger partial charge in [0.05, 0.1) is 11.3 Å². The Kier molecular flexibility index (Phi) is 7.16. The van der Waals surface area contributed by atoms with E-state index in [0.717, 1.165) is 22.5 Å². The molecule has 1 heterocycles. The van der Waals surface area contributed by atoms with Crippen molar-refractivity contribution in [2.75, 3.05) is 20.6 Å². The second-order valence-corrected chi connectivity index (χ2v) is 9.44. The molecule has 0 radical (unpaired) electrons. The highest BCUT2D eigenvalue weighted by Gasteiger charge is 2.24. The number of carbonyl (C=O) groups is 1. The first-order chi connectivity index (χ1) is 12.7. The zero-order valence-corrected chi connectivity index (χ0v) is 17.0. The van der Waals surface area contributed by atoms with Gasteiger partial charge in [0.2, 0.25) is 10.0 Å². The van der Waals surface area contributed by atoms with Gasteiger partial charge in [-0.05, 0) is 45.3 Å². The van der Waals surface area contributed by atoms with E-state index < -0.39 is 22.0 Å². The van der Waals surface area contributed by atoms with Crippen LogP contribution in [-0.2, 0) is 14.8 Å². The van der Waals surface area contributed by atoms with E-state index in [0.29, 0.717) is 4.88 Å². The smallest absolute Gasteiger partial charge is 0.305 e. The fourth-order valence-electron chi connectivity index (χ4n) is 2.37. The van der Waals surface area contributed by atoms with E-state index >= 15 is 0 Å². The van der Waals surface area contributed by atoms with E-state index in [1.54, 1.807) is 25.1 Å². The number of aryl methyl sites for hydroxylation is 1. The Morgan fingerprint density at radius 2 is 1.85 bits per heavy atom. The molecule has 6 nitrogen and oxygen atoms in total. The van der Waals surface area contributed by atoms with Gasteiger partial charge in [-0.2, -0.15) is 0 Å². The maximum absolute atomic E-state index is 12.6. The summed E-state index contributed by atoms with van der Waals surface area (Å²) in [4.78, 5) is 13.4. The fraction of sp³-hybridized carbons (Fsp3) is 0.316. The largest absolute Gasteiger partial charge is 0.481 e. The minimum atomic E-state index is -3.81. The first kappa shape index (κ1) is 21.1. The maximum atomic E-state index is 12.6. The summed E-state index contributed by atoms with van der Waals surface area (Å²) >= 11 is 1.06. The van der Waals surface area contributed by atoms with Crippen molar-refractivity contribution in [3.63, 3.8) is 0 Å². The van der Waals surface area contributed by atoms with Gasteiger partial charge in [0, 0.05) is 18.2 Å². The van der Waals surface area contributed by atoms with Crippen LogP contribution in [0.5, 0.6) is 0 Å². The van der Waals surface area contributed by atoms with Crippen LogP contribution in [0.3, 0.4) is 0 Å². The van der Waals surface area contributed by atoms with Crippen molar-refractivity contribution in [3.05, 3.63) is 52.4 Å². The first-order valence-electron chi connectivity index (χ1n) is 8.23. The van der Waals surface area contributed by atoms with E-state index in [1.165, 1.54) is 6.07 Å². The van der Waals surface area contributed by atoms with Gasteiger partial charge in [-0.15, -0.1) is 11.3 Å². The number of benzene rings is 1. The van der Waals surface area contributed by atoms with Crippen LogP contribution in [0.4, 0.5) is 0 Å². The van der Waals surface area contributed by atoms with E-state index in [9.17, 15) is 13.2 Å². The minimum Gasteiger partial charge on any atom is -0.481 e. The molecule has 0 amide bonds. The fourth-order valence-corrected chi connectivity index (χ4v) is 4.78. The van der Waals surface area contributed by atoms with Crippen molar-refractivity contribution in [3.8, 4) is 11.8 Å². The summed E-state index contributed by atoms with van der Waals surface area (Å²) in [5, 5.41) is 8.99. The highest BCUT2D eigenvalue weighted by molar-refractivity contribution is 7.91. The predicted molar refractivity (Wildman–Crippen MR) is 106 cm³/mol. The molecule has 0 saturated heterocycles. The average Bonchev–Trinajstić information content (AvgIpc) is 3.02. The van der Waals surface area contributed by atoms with Gasteiger partial charge in [-0.3, -0.25) is 4.79 Å². The monoisotopic (exact) mass is 406 g/mol. The number of sulfonamides is 1. The summed E-state index contributed by atoms with van der Waals surface area (Å²) in [6.45, 7) is 2.28. The van der Waals surface area contributed by atoms with Gasteiger partial charge >= 0.3 is 5.97 Å². The van der Waals surface area contributed by atoms with Crippen LogP contribution in [0.1, 0.15) is 22.4 Å². The molecule has 1 unspecified atom stereocenters. The summed E-state index contributed by atoms with van der Waals surface area (Å²) in [7, 11) is -0.294. The molecule has 0 aliphatic rings. The van der Waals surface area contributed by atoms with E-state index in [-0.39, 0.29) is 17.2 Å². The van der Waals surface area contributed by atoms with E-state index in [1.807, 2.05) is 31.2 Å². The SMILES string of the molecule is Cc1ccc(C#Cc2ccc(S(=O)(=O)NC(CC(=O)O)CN(C)C)s2)cc1. The van der Waals surface area contributed by atoms with Crippen molar-refractivity contribution in [2.24, 2.45) is 0 Å². The Bertz CT molecular complexity index is 952. The molecule has 1 aromatic carbocycles. The molecule has 144 valence electrons. The number of nitrogens with zero attached hydrogens (tertiary/aromatic N) is 1. The van der Waals surface area contributed by atoms with Crippen LogP contribution >= 0.6 is 11.3 Å². The lowest BCUT2D eigenvalue weighted by atomic mass is 10.1. The number of rotatable bonds is 7. The predicted octanol–water partition coefficient (Wildman–Crippen LogP) is 2.14. The molecule has 0 bridgehead atoms. The van der Waals surface area contributed by atoms with Crippen LogP contribution in [0.2, 0.25) is 0 Å². The van der Waals surface area contributed by atoms with Crippen LogP contribution in [-0.4, -0.2) is 51.1 Å². The Balaban J connectivity index is 2.15. The topological polar surface area (TPSA) is 86.7 Å². The Labute approximate surface area is 163 Å². The molecule has 2 rings (SSSR count). The normalized spacial score (nSPS) is 12.4. The summed E-state index contributed by atoms with van der Waals surface area (Å²) in [6.07, 6.45) is -0.289. The number of hydrogen-bond acceptors (Lipinski definition) is 5. The van der Waals surface area contributed by atoms with Gasteiger partial charge < -0.3 is 10.0 Å². The molecule has 27 heavy (non-hydrogen) atoms. The third-order valence-electron chi connectivity index (χ3n) is 3.56.